The number of halogens is 1. The largest absolute Gasteiger partial charge is 0.338 e. The zero-order chi connectivity index (χ0) is 20.5. The van der Waals surface area contributed by atoms with E-state index in [9.17, 15) is 14.4 Å². The molecule has 1 atom stereocenters. The predicted molar refractivity (Wildman–Crippen MR) is 106 cm³/mol. The Bertz CT molecular complexity index is 696. The van der Waals surface area contributed by atoms with Gasteiger partial charge < -0.3 is 15.5 Å². The number of benzene rings is 1. The minimum absolute atomic E-state index is 0.120. The molecule has 154 valence electrons. The molecular formula is C19H27ClN4O4. The van der Waals surface area contributed by atoms with Gasteiger partial charge in [0.25, 0.3) is 5.91 Å². The highest BCUT2D eigenvalue weighted by Crippen LogP contribution is 2.27. The van der Waals surface area contributed by atoms with Crippen molar-refractivity contribution in [2.24, 2.45) is 11.8 Å². The average molecular weight is 411 g/mol. The van der Waals surface area contributed by atoms with Gasteiger partial charge in [-0.3, -0.25) is 14.8 Å². The van der Waals surface area contributed by atoms with E-state index in [4.69, 9.17) is 16.8 Å². The van der Waals surface area contributed by atoms with Crippen LogP contribution >= 0.6 is 11.6 Å². The van der Waals surface area contributed by atoms with Crippen LogP contribution in [0.3, 0.4) is 0 Å². The van der Waals surface area contributed by atoms with Gasteiger partial charge in [-0.25, -0.2) is 10.3 Å². The standard InChI is InChI=1S/C19H27ClN4O4/c1-13(10-21-19(27)22-16-8-3-2-7-15(16)20)9-18(26)24(12-17(25)23-28)11-14-5-4-6-14/h2-3,7-8,13-14,28H,4-6,9-12H2,1H3,(H,23,25)(H2,21,22,27). The van der Waals surface area contributed by atoms with Gasteiger partial charge in [0.15, 0.2) is 0 Å². The van der Waals surface area contributed by atoms with Gasteiger partial charge in [-0.15, -0.1) is 0 Å². The lowest BCUT2D eigenvalue weighted by Gasteiger charge is -2.32. The molecule has 1 aliphatic carbocycles. The Kier molecular flexibility index (Phi) is 8.53. The molecule has 2 rings (SSSR count). The van der Waals surface area contributed by atoms with Gasteiger partial charge in [-0.2, -0.15) is 0 Å². The van der Waals surface area contributed by atoms with Crippen LogP contribution < -0.4 is 16.1 Å². The molecule has 0 bridgehead atoms. The molecule has 0 aliphatic heterocycles. The minimum Gasteiger partial charge on any atom is -0.338 e. The highest BCUT2D eigenvalue weighted by atomic mass is 35.5. The molecule has 28 heavy (non-hydrogen) atoms. The molecule has 0 radical (unpaired) electrons. The summed E-state index contributed by atoms with van der Waals surface area (Å²) in [5.74, 6) is -0.496. The fourth-order valence-electron chi connectivity index (χ4n) is 2.95. The summed E-state index contributed by atoms with van der Waals surface area (Å²) in [6.07, 6.45) is 3.42. The molecule has 0 saturated heterocycles. The second kappa shape index (κ2) is 10.9. The minimum atomic E-state index is -0.613. The monoisotopic (exact) mass is 410 g/mol. The number of nitrogens with zero attached hydrogens (tertiary/aromatic N) is 1. The second-order valence-electron chi connectivity index (χ2n) is 7.23. The highest BCUT2D eigenvalue weighted by molar-refractivity contribution is 6.33. The van der Waals surface area contributed by atoms with Crippen molar-refractivity contribution in [1.29, 1.82) is 0 Å². The lowest BCUT2D eigenvalue weighted by molar-refractivity contribution is -0.140. The molecular weight excluding hydrogens is 384 g/mol. The van der Waals surface area contributed by atoms with Crippen molar-refractivity contribution in [3.05, 3.63) is 29.3 Å². The highest BCUT2D eigenvalue weighted by Gasteiger charge is 2.26. The number of amides is 4. The number of carbonyl (C=O) groups excluding carboxylic acids is 3. The normalized spacial score (nSPS) is 14.5. The molecule has 0 aromatic heterocycles. The molecule has 1 unspecified atom stereocenters. The van der Waals surface area contributed by atoms with E-state index in [0.29, 0.717) is 29.7 Å². The molecule has 4 amide bonds. The number of rotatable bonds is 9. The molecule has 1 aromatic rings. The summed E-state index contributed by atoms with van der Waals surface area (Å²) >= 11 is 6.00. The predicted octanol–water partition coefficient (Wildman–Crippen LogP) is 2.62. The van der Waals surface area contributed by atoms with Crippen molar-refractivity contribution in [1.82, 2.24) is 15.7 Å². The molecule has 0 heterocycles. The average Bonchev–Trinajstić information content (AvgIpc) is 2.63. The van der Waals surface area contributed by atoms with Gasteiger partial charge >= 0.3 is 6.03 Å². The van der Waals surface area contributed by atoms with Gasteiger partial charge in [0, 0.05) is 19.5 Å². The van der Waals surface area contributed by atoms with Crippen molar-refractivity contribution in [2.45, 2.75) is 32.6 Å². The Balaban J connectivity index is 1.79. The van der Waals surface area contributed by atoms with Crippen molar-refractivity contribution in [2.75, 3.05) is 25.0 Å². The van der Waals surface area contributed by atoms with Crippen molar-refractivity contribution in [3.63, 3.8) is 0 Å². The first-order chi connectivity index (χ1) is 13.4. The van der Waals surface area contributed by atoms with Crippen LogP contribution in [0.4, 0.5) is 10.5 Å². The van der Waals surface area contributed by atoms with Gasteiger partial charge in [-0.1, -0.05) is 37.1 Å². The van der Waals surface area contributed by atoms with Crippen LogP contribution in [0.1, 0.15) is 32.6 Å². The third-order valence-corrected chi connectivity index (χ3v) is 5.10. The van der Waals surface area contributed by atoms with E-state index in [1.165, 1.54) is 4.90 Å². The first-order valence-corrected chi connectivity index (χ1v) is 9.77. The van der Waals surface area contributed by atoms with Gasteiger partial charge in [0.2, 0.25) is 5.91 Å². The molecule has 1 saturated carbocycles. The van der Waals surface area contributed by atoms with Crippen LogP contribution in [0.5, 0.6) is 0 Å². The smallest absolute Gasteiger partial charge is 0.319 e. The maximum atomic E-state index is 12.6. The summed E-state index contributed by atoms with van der Waals surface area (Å²) in [5.41, 5.74) is 2.08. The lowest BCUT2D eigenvalue weighted by atomic mass is 9.85. The number of anilines is 1. The summed E-state index contributed by atoms with van der Waals surface area (Å²) in [5, 5.41) is 14.6. The third kappa shape index (κ3) is 7.01. The number of carbonyl (C=O) groups is 3. The van der Waals surface area contributed by atoms with E-state index in [1.54, 1.807) is 29.7 Å². The number of hydrogen-bond acceptors (Lipinski definition) is 4. The van der Waals surface area contributed by atoms with Crippen LogP contribution in [-0.2, 0) is 9.59 Å². The van der Waals surface area contributed by atoms with E-state index in [2.05, 4.69) is 10.6 Å². The first-order valence-electron chi connectivity index (χ1n) is 9.39. The quantitative estimate of drug-likeness (QED) is 0.370. The Morgan fingerprint density at radius 2 is 2.00 bits per heavy atom. The summed E-state index contributed by atoms with van der Waals surface area (Å²) < 4.78 is 0. The molecule has 1 aromatic carbocycles. The molecule has 1 aliphatic rings. The van der Waals surface area contributed by atoms with Crippen LogP contribution in [0.25, 0.3) is 0 Å². The maximum Gasteiger partial charge on any atom is 0.319 e. The molecule has 9 heteroatoms. The Hall–Kier alpha value is -2.32. The first kappa shape index (κ1) is 22.0. The summed E-state index contributed by atoms with van der Waals surface area (Å²) in [7, 11) is 0. The molecule has 8 nitrogen and oxygen atoms in total. The van der Waals surface area contributed by atoms with Gasteiger partial charge in [-0.05, 0) is 36.8 Å². The van der Waals surface area contributed by atoms with E-state index >= 15 is 0 Å². The number of para-hydroxylation sites is 1. The number of hydrogen-bond donors (Lipinski definition) is 4. The number of urea groups is 1. The van der Waals surface area contributed by atoms with E-state index < -0.39 is 11.9 Å². The van der Waals surface area contributed by atoms with E-state index in [-0.39, 0.29) is 24.8 Å². The van der Waals surface area contributed by atoms with Crippen LogP contribution in [-0.4, -0.2) is 47.6 Å². The number of hydroxylamine groups is 1. The fourth-order valence-corrected chi connectivity index (χ4v) is 3.13. The second-order valence-corrected chi connectivity index (χ2v) is 7.64. The van der Waals surface area contributed by atoms with Gasteiger partial charge in [0.1, 0.15) is 6.54 Å². The van der Waals surface area contributed by atoms with Gasteiger partial charge in [0.05, 0.1) is 10.7 Å². The lowest BCUT2D eigenvalue weighted by Crippen LogP contribution is -2.44. The van der Waals surface area contributed by atoms with Crippen molar-refractivity contribution in [3.8, 4) is 0 Å². The van der Waals surface area contributed by atoms with E-state index in [1.807, 2.05) is 6.92 Å². The summed E-state index contributed by atoms with van der Waals surface area (Å²) in [6, 6.07) is 6.50. The molecule has 4 N–H and O–H groups in total. The summed E-state index contributed by atoms with van der Waals surface area (Å²) in [4.78, 5) is 37.6. The Labute approximate surface area is 169 Å². The molecule has 1 fully saturated rings. The van der Waals surface area contributed by atoms with Crippen molar-refractivity contribution < 1.29 is 19.6 Å². The zero-order valence-corrected chi connectivity index (χ0v) is 16.7. The van der Waals surface area contributed by atoms with Crippen LogP contribution in [0, 0.1) is 11.8 Å². The summed E-state index contributed by atoms with van der Waals surface area (Å²) in [6.45, 7) is 2.49. The third-order valence-electron chi connectivity index (χ3n) is 4.77. The maximum absolute atomic E-state index is 12.6. The van der Waals surface area contributed by atoms with E-state index in [0.717, 1.165) is 19.3 Å². The van der Waals surface area contributed by atoms with Crippen LogP contribution in [0.15, 0.2) is 24.3 Å². The van der Waals surface area contributed by atoms with Crippen molar-refractivity contribution >= 4 is 35.1 Å². The molecule has 0 spiro atoms. The fraction of sp³-hybridized carbons (Fsp3) is 0.526. The zero-order valence-electron chi connectivity index (χ0n) is 15.9. The Morgan fingerprint density at radius 3 is 2.61 bits per heavy atom. The number of nitrogens with one attached hydrogen (secondary N) is 3. The van der Waals surface area contributed by atoms with Crippen LogP contribution in [0.2, 0.25) is 5.02 Å². The SMILES string of the molecule is CC(CNC(=O)Nc1ccccc1Cl)CC(=O)N(CC(=O)NO)CC1CCC1. The topological polar surface area (TPSA) is 111 Å². The Morgan fingerprint density at radius 1 is 1.29 bits per heavy atom.